The lowest BCUT2D eigenvalue weighted by Crippen LogP contribution is -2.22. The molecule has 0 aliphatic heterocycles. The van der Waals surface area contributed by atoms with Gasteiger partial charge < -0.3 is 35.4 Å². The number of carbonyl (C=O) groups is 2. The number of aromatic nitrogens is 2. The van der Waals surface area contributed by atoms with Crippen molar-refractivity contribution in [1.29, 1.82) is 0 Å². The highest BCUT2D eigenvalue weighted by molar-refractivity contribution is 7.92. The zero-order chi connectivity index (χ0) is 37.1. The molecule has 4 aromatic carbocycles. The number of hydrogen-bond donors (Lipinski definition) is 5. The molecule has 0 saturated carbocycles. The first-order valence-electron chi connectivity index (χ1n) is 15.6. The molecule has 15 heteroatoms. The molecule has 0 aliphatic rings. The Morgan fingerprint density at radius 3 is 2.22 bits per heavy atom. The van der Waals surface area contributed by atoms with E-state index in [2.05, 4.69) is 30.6 Å². The van der Waals surface area contributed by atoms with E-state index in [4.69, 9.17) is 9.47 Å². The summed E-state index contributed by atoms with van der Waals surface area (Å²) < 4.78 is 38.4. The highest BCUT2D eigenvalue weighted by Gasteiger charge is 2.23. The summed E-state index contributed by atoms with van der Waals surface area (Å²) >= 11 is 0. The fourth-order valence-electron chi connectivity index (χ4n) is 5.26. The first-order chi connectivity index (χ1) is 24.0. The lowest BCUT2D eigenvalue weighted by molar-refractivity contribution is 0.0697. The molecule has 0 bridgehead atoms. The summed E-state index contributed by atoms with van der Waals surface area (Å²) in [5, 5.41) is 19.7. The predicted molar refractivity (Wildman–Crippen MR) is 200 cm³/mol. The SMILES string of the molecule is COc1c(NC(=O)Nc2ccc(Oc3ccnc(Nc4ccc(C(=O)O)c(N(C)C)c4)n3)c3ccccc23)cc(C(C)(C)C)cc1NS(C)(=O)=O. The predicted octanol–water partition coefficient (Wildman–Crippen LogP) is 7.25. The molecule has 0 fully saturated rings. The number of anilines is 6. The van der Waals surface area contributed by atoms with Crippen LogP contribution in [0.3, 0.4) is 0 Å². The number of hydrogen-bond acceptors (Lipinski definition) is 10. The molecule has 266 valence electrons. The molecule has 51 heavy (non-hydrogen) atoms. The number of urea groups is 1. The molecule has 0 spiro atoms. The number of rotatable bonds is 11. The van der Waals surface area contributed by atoms with Crippen molar-refractivity contribution in [2.45, 2.75) is 26.2 Å². The highest BCUT2D eigenvalue weighted by atomic mass is 32.2. The zero-order valence-corrected chi connectivity index (χ0v) is 30.0. The number of aromatic carboxylic acids is 1. The van der Waals surface area contributed by atoms with Crippen LogP contribution in [0.15, 0.2) is 79.0 Å². The summed E-state index contributed by atoms with van der Waals surface area (Å²) in [6.45, 7) is 5.92. The Hall–Kier alpha value is -6.09. The third kappa shape index (κ3) is 8.75. The largest absolute Gasteiger partial charge is 0.492 e. The molecule has 5 N–H and O–H groups in total. The summed E-state index contributed by atoms with van der Waals surface area (Å²) in [7, 11) is 1.27. The van der Waals surface area contributed by atoms with E-state index in [9.17, 15) is 23.1 Å². The average Bonchev–Trinajstić information content (AvgIpc) is 3.04. The molecule has 14 nitrogen and oxygen atoms in total. The number of ether oxygens (including phenoxy) is 2. The normalized spacial score (nSPS) is 11.4. The van der Waals surface area contributed by atoms with Crippen molar-refractivity contribution in [3.8, 4) is 17.4 Å². The van der Waals surface area contributed by atoms with Gasteiger partial charge in [-0.25, -0.2) is 23.0 Å². The minimum absolute atomic E-state index is 0.159. The smallest absolute Gasteiger partial charge is 0.337 e. The van der Waals surface area contributed by atoms with Crippen molar-refractivity contribution in [3.63, 3.8) is 0 Å². The number of amides is 2. The van der Waals surface area contributed by atoms with Gasteiger partial charge in [-0.1, -0.05) is 45.0 Å². The molecule has 0 saturated heterocycles. The van der Waals surface area contributed by atoms with Crippen LogP contribution in [-0.2, 0) is 15.4 Å². The number of benzene rings is 4. The first-order valence-corrected chi connectivity index (χ1v) is 17.5. The molecule has 0 atom stereocenters. The molecule has 1 aromatic heterocycles. The highest BCUT2D eigenvalue weighted by Crippen LogP contribution is 2.40. The Kier molecular flexibility index (Phi) is 10.2. The number of nitrogens with one attached hydrogen (secondary N) is 4. The van der Waals surface area contributed by atoms with E-state index < -0.39 is 22.0 Å². The number of methoxy groups -OCH3 is 1. The van der Waals surface area contributed by atoms with E-state index in [0.29, 0.717) is 33.6 Å². The fraction of sp³-hybridized carbons (Fsp3) is 0.222. The van der Waals surface area contributed by atoms with E-state index >= 15 is 0 Å². The zero-order valence-electron chi connectivity index (χ0n) is 29.2. The third-order valence-electron chi connectivity index (χ3n) is 7.65. The molecule has 5 aromatic rings. The van der Waals surface area contributed by atoms with Gasteiger partial charge in [0.2, 0.25) is 21.9 Å². The van der Waals surface area contributed by atoms with Crippen LogP contribution in [0, 0.1) is 0 Å². The fourth-order valence-corrected chi connectivity index (χ4v) is 5.81. The minimum Gasteiger partial charge on any atom is -0.492 e. The van der Waals surface area contributed by atoms with Gasteiger partial charge in [-0.2, -0.15) is 4.98 Å². The first kappa shape index (κ1) is 36.2. The number of fused-ring (bicyclic) bond motifs is 1. The number of sulfonamides is 1. The van der Waals surface area contributed by atoms with Crippen molar-refractivity contribution in [2.75, 3.05) is 53.0 Å². The Labute approximate surface area is 295 Å². The van der Waals surface area contributed by atoms with Gasteiger partial charge in [0.05, 0.1) is 41.7 Å². The topological polar surface area (TPSA) is 184 Å². The minimum atomic E-state index is -3.64. The Morgan fingerprint density at radius 2 is 1.57 bits per heavy atom. The van der Waals surface area contributed by atoms with Gasteiger partial charge in [0.1, 0.15) is 5.75 Å². The van der Waals surface area contributed by atoms with Crippen LogP contribution in [-0.4, -0.2) is 63.0 Å². The molecular formula is C36H39N7O7S. The van der Waals surface area contributed by atoms with Crippen molar-refractivity contribution < 1.29 is 32.6 Å². The summed E-state index contributed by atoms with van der Waals surface area (Å²) in [5.41, 5.74) is 2.63. The van der Waals surface area contributed by atoms with Crippen LogP contribution >= 0.6 is 0 Å². The average molecular weight is 714 g/mol. The maximum atomic E-state index is 13.4. The van der Waals surface area contributed by atoms with Crippen molar-refractivity contribution in [3.05, 3.63) is 90.1 Å². The molecular weight excluding hydrogens is 675 g/mol. The van der Waals surface area contributed by atoms with Crippen LogP contribution in [0.1, 0.15) is 36.7 Å². The van der Waals surface area contributed by atoms with Gasteiger partial charge in [-0.15, -0.1) is 0 Å². The molecule has 0 unspecified atom stereocenters. The van der Waals surface area contributed by atoms with E-state index in [1.165, 1.54) is 19.4 Å². The standard InChI is InChI=1S/C36H39N7O7S/c1-36(2,3)21-18-27(32(49-6)28(19-21)42-51(7,47)48)40-35(46)39-26-14-15-30(24-11-9-8-10-23(24)26)50-31-16-17-37-34(41-31)38-22-12-13-25(33(44)45)29(20-22)43(4)5/h8-20,42H,1-7H3,(H,44,45)(H,37,38,41)(H2,39,40,46). The summed E-state index contributed by atoms with van der Waals surface area (Å²) in [4.78, 5) is 35.5. The quantitative estimate of drug-likeness (QED) is 0.0929. The molecule has 1 heterocycles. The lowest BCUT2D eigenvalue weighted by Gasteiger charge is -2.24. The van der Waals surface area contributed by atoms with E-state index in [1.54, 1.807) is 61.5 Å². The maximum Gasteiger partial charge on any atom is 0.337 e. The van der Waals surface area contributed by atoms with Crippen molar-refractivity contribution in [2.24, 2.45) is 0 Å². The van der Waals surface area contributed by atoms with Gasteiger partial charge in [0.15, 0.2) is 5.75 Å². The Balaban J connectivity index is 1.39. The molecule has 2 amide bonds. The Morgan fingerprint density at radius 1 is 0.882 bits per heavy atom. The van der Waals surface area contributed by atoms with E-state index in [0.717, 1.165) is 11.8 Å². The van der Waals surface area contributed by atoms with E-state index in [1.807, 2.05) is 45.0 Å². The third-order valence-corrected chi connectivity index (χ3v) is 8.24. The monoisotopic (exact) mass is 713 g/mol. The maximum absolute atomic E-state index is 13.4. The lowest BCUT2D eigenvalue weighted by atomic mass is 9.86. The van der Waals surface area contributed by atoms with Crippen LogP contribution in [0.2, 0.25) is 0 Å². The number of nitrogens with zero attached hydrogens (tertiary/aromatic N) is 3. The van der Waals surface area contributed by atoms with E-state index in [-0.39, 0.29) is 39.9 Å². The second-order valence-corrected chi connectivity index (χ2v) is 14.6. The van der Waals surface area contributed by atoms with Crippen LogP contribution in [0.25, 0.3) is 10.8 Å². The van der Waals surface area contributed by atoms with Crippen molar-refractivity contribution >= 4 is 67.2 Å². The van der Waals surface area contributed by atoms with Gasteiger partial charge >= 0.3 is 12.0 Å². The van der Waals surface area contributed by atoms with Crippen LogP contribution in [0.4, 0.5) is 39.2 Å². The second-order valence-electron chi connectivity index (χ2n) is 12.8. The summed E-state index contributed by atoms with van der Waals surface area (Å²) in [6, 6.07) is 20.0. The van der Waals surface area contributed by atoms with Gasteiger partial charge in [-0.05, 0) is 53.4 Å². The van der Waals surface area contributed by atoms with Crippen LogP contribution in [0.5, 0.6) is 17.4 Å². The van der Waals surface area contributed by atoms with Gasteiger partial charge in [0, 0.05) is 42.8 Å². The van der Waals surface area contributed by atoms with Crippen LogP contribution < -0.4 is 35.0 Å². The molecule has 5 rings (SSSR count). The summed E-state index contributed by atoms with van der Waals surface area (Å²) in [6.07, 6.45) is 2.57. The summed E-state index contributed by atoms with van der Waals surface area (Å²) in [5.74, 6) is 0.0789. The van der Waals surface area contributed by atoms with Crippen molar-refractivity contribution in [1.82, 2.24) is 9.97 Å². The second kappa shape index (κ2) is 14.4. The number of carboxylic acids is 1. The molecule has 0 radical (unpaired) electrons. The number of carboxylic acid groups (broad SMARTS) is 1. The van der Waals surface area contributed by atoms with Gasteiger partial charge in [0.25, 0.3) is 0 Å². The Bertz CT molecular complexity index is 2240. The molecule has 0 aliphatic carbocycles. The number of carbonyl (C=O) groups excluding carboxylic acids is 1. The van der Waals surface area contributed by atoms with Gasteiger partial charge in [-0.3, -0.25) is 4.72 Å².